The molecule has 108 valence electrons. The largest absolute Gasteiger partial charge is 0.368 e. The van der Waals surface area contributed by atoms with Crippen molar-refractivity contribution < 1.29 is 14.4 Å². The summed E-state index contributed by atoms with van der Waals surface area (Å²) in [5.74, 6) is -1.52. The Morgan fingerprint density at radius 3 is 2.16 bits per heavy atom. The van der Waals surface area contributed by atoms with E-state index in [1.807, 2.05) is 6.92 Å². The highest BCUT2D eigenvalue weighted by Crippen LogP contribution is 2.32. The van der Waals surface area contributed by atoms with E-state index in [1.54, 1.807) is 0 Å². The molecule has 7 nitrogen and oxygen atoms in total. The minimum atomic E-state index is -0.648. The zero-order valence-corrected chi connectivity index (χ0v) is 11.3. The molecule has 3 amide bonds. The third-order valence-electron chi connectivity index (χ3n) is 3.58. The second-order valence-corrected chi connectivity index (χ2v) is 5.01. The van der Waals surface area contributed by atoms with Crippen LogP contribution < -0.4 is 16.8 Å². The van der Waals surface area contributed by atoms with Crippen LogP contribution in [0, 0.1) is 5.41 Å². The van der Waals surface area contributed by atoms with Gasteiger partial charge < -0.3 is 21.7 Å². The fourth-order valence-corrected chi connectivity index (χ4v) is 2.51. The number of amides is 3. The Balaban J connectivity index is 2.88. The third kappa shape index (κ3) is 3.92. The van der Waals surface area contributed by atoms with Crippen LogP contribution in [0.1, 0.15) is 26.2 Å². The molecular formula is C12H22N4O3. The molecule has 1 aliphatic heterocycles. The van der Waals surface area contributed by atoms with Crippen LogP contribution in [-0.4, -0.2) is 48.8 Å². The van der Waals surface area contributed by atoms with Crippen molar-refractivity contribution in [3.8, 4) is 0 Å². The first-order chi connectivity index (χ1) is 8.91. The maximum Gasteiger partial charge on any atom is 0.237 e. The molecule has 0 saturated carbocycles. The van der Waals surface area contributed by atoms with Gasteiger partial charge >= 0.3 is 0 Å². The molecule has 0 aromatic heterocycles. The van der Waals surface area contributed by atoms with E-state index in [2.05, 4.69) is 5.32 Å². The summed E-state index contributed by atoms with van der Waals surface area (Å²) in [6, 6.07) is 0. The van der Waals surface area contributed by atoms with Gasteiger partial charge in [-0.3, -0.25) is 14.4 Å². The SMILES string of the molecule is CCC1(C(=O)N(CC(N)=O)CC(N)=O)CCCNC1. The summed E-state index contributed by atoms with van der Waals surface area (Å²) in [4.78, 5) is 35.8. The molecule has 1 unspecified atom stereocenters. The molecular weight excluding hydrogens is 248 g/mol. The van der Waals surface area contributed by atoms with Crippen LogP contribution in [0.25, 0.3) is 0 Å². The lowest BCUT2D eigenvalue weighted by Crippen LogP contribution is -2.54. The quantitative estimate of drug-likeness (QED) is 0.548. The van der Waals surface area contributed by atoms with Gasteiger partial charge in [-0.05, 0) is 25.8 Å². The fourth-order valence-electron chi connectivity index (χ4n) is 2.51. The maximum absolute atomic E-state index is 12.6. The van der Waals surface area contributed by atoms with Crippen molar-refractivity contribution in [2.75, 3.05) is 26.2 Å². The number of primary amides is 2. The number of piperidine rings is 1. The van der Waals surface area contributed by atoms with E-state index >= 15 is 0 Å². The Morgan fingerprint density at radius 2 is 1.79 bits per heavy atom. The third-order valence-corrected chi connectivity index (χ3v) is 3.58. The molecule has 1 fully saturated rings. The van der Waals surface area contributed by atoms with Gasteiger partial charge in [-0.1, -0.05) is 6.92 Å². The Kier molecular flexibility index (Phi) is 5.29. The van der Waals surface area contributed by atoms with Crippen molar-refractivity contribution in [3.63, 3.8) is 0 Å². The number of nitrogens with one attached hydrogen (secondary N) is 1. The Bertz CT molecular complexity index is 348. The summed E-state index contributed by atoms with van der Waals surface area (Å²) in [5.41, 5.74) is 9.67. The molecule has 0 aromatic rings. The van der Waals surface area contributed by atoms with Crippen molar-refractivity contribution >= 4 is 17.7 Å². The summed E-state index contributed by atoms with van der Waals surface area (Å²) >= 11 is 0. The minimum absolute atomic E-state index is 0.222. The van der Waals surface area contributed by atoms with E-state index in [-0.39, 0.29) is 19.0 Å². The fraction of sp³-hybridized carbons (Fsp3) is 0.750. The van der Waals surface area contributed by atoms with Gasteiger partial charge in [0.05, 0.1) is 18.5 Å². The number of carbonyl (C=O) groups is 3. The minimum Gasteiger partial charge on any atom is -0.368 e. The van der Waals surface area contributed by atoms with Gasteiger partial charge in [-0.15, -0.1) is 0 Å². The molecule has 1 aliphatic rings. The number of hydrogen-bond acceptors (Lipinski definition) is 4. The summed E-state index contributed by atoms with van der Waals surface area (Å²) in [7, 11) is 0. The van der Waals surface area contributed by atoms with Crippen LogP contribution in [0.15, 0.2) is 0 Å². The smallest absolute Gasteiger partial charge is 0.237 e. The normalized spacial score (nSPS) is 22.8. The van der Waals surface area contributed by atoms with Crippen LogP contribution in [0.2, 0.25) is 0 Å². The monoisotopic (exact) mass is 270 g/mol. The lowest BCUT2D eigenvalue weighted by molar-refractivity contribution is -0.147. The van der Waals surface area contributed by atoms with Crippen molar-refractivity contribution in [1.82, 2.24) is 10.2 Å². The van der Waals surface area contributed by atoms with Gasteiger partial charge in [-0.2, -0.15) is 0 Å². The van der Waals surface area contributed by atoms with Gasteiger partial charge in [-0.25, -0.2) is 0 Å². The highest BCUT2D eigenvalue weighted by atomic mass is 16.2. The molecule has 0 aromatic carbocycles. The molecule has 7 heteroatoms. The van der Waals surface area contributed by atoms with Crippen molar-refractivity contribution in [2.24, 2.45) is 16.9 Å². The van der Waals surface area contributed by atoms with E-state index in [4.69, 9.17) is 11.5 Å². The number of hydrogen-bond donors (Lipinski definition) is 3. The van der Waals surface area contributed by atoms with Crippen LogP contribution in [0.4, 0.5) is 0 Å². The summed E-state index contributed by atoms with van der Waals surface area (Å²) in [5, 5.41) is 3.19. The van der Waals surface area contributed by atoms with Crippen LogP contribution in [0.3, 0.4) is 0 Å². The van der Waals surface area contributed by atoms with E-state index < -0.39 is 17.2 Å². The number of nitrogens with zero attached hydrogens (tertiary/aromatic N) is 1. The first-order valence-electron chi connectivity index (χ1n) is 6.48. The Morgan fingerprint density at radius 1 is 1.21 bits per heavy atom. The first kappa shape index (κ1) is 15.4. The molecule has 1 heterocycles. The van der Waals surface area contributed by atoms with Crippen molar-refractivity contribution in [2.45, 2.75) is 26.2 Å². The van der Waals surface area contributed by atoms with Gasteiger partial charge in [0.1, 0.15) is 0 Å². The van der Waals surface area contributed by atoms with Gasteiger partial charge in [0.15, 0.2) is 0 Å². The van der Waals surface area contributed by atoms with Crippen molar-refractivity contribution in [3.05, 3.63) is 0 Å². The molecule has 1 rings (SSSR count). The molecule has 1 atom stereocenters. The zero-order valence-electron chi connectivity index (χ0n) is 11.3. The van der Waals surface area contributed by atoms with Crippen LogP contribution in [0.5, 0.6) is 0 Å². The van der Waals surface area contributed by atoms with E-state index in [9.17, 15) is 14.4 Å². The maximum atomic E-state index is 12.6. The lowest BCUT2D eigenvalue weighted by atomic mass is 9.77. The van der Waals surface area contributed by atoms with E-state index in [1.165, 1.54) is 4.90 Å². The first-order valence-corrected chi connectivity index (χ1v) is 6.48. The Hall–Kier alpha value is -1.63. The molecule has 0 spiro atoms. The molecule has 0 aliphatic carbocycles. The summed E-state index contributed by atoms with van der Waals surface area (Å²) in [6.45, 7) is 2.81. The standard InChI is InChI=1S/C12H22N4O3/c1-2-12(4-3-5-15-8-12)11(19)16(6-9(13)17)7-10(14)18/h15H,2-8H2,1H3,(H2,13,17)(H2,14,18). The van der Waals surface area contributed by atoms with E-state index in [0.717, 1.165) is 19.4 Å². The van der Waals surface area contributed by atoms with Gasteiger partial charge in [0.25, 0.3) is 0 Å². The predicted molar refractivity (Wildman–Crippen MR) is 69.8 cm³/mol. The van der Waals surface area contributed by atoms with Crippen molar-refractivity contribution in [1.29, 1.82) is 0 Å². The average Bonchev–Trinajstić information content (AvgIpc) is 2.36. The predicted octanol–water partition coefficient (Wildman–Crippen LogP) is -1.43. The van der Waals surface area contributed by atoms with Gasteiger partial charge in [0.2, 0.25) is 17.7 Å². The Labute approximate surface area is 112 Å². The number of nitrogens with two attached hydrogens (primary N) is 2. The topological polar surface area (TPSA) is 119 Å². The molecule has 5 N–H and O–H groups in total. The number of carbonyl (C=O) groups excluding carboxylic acids is 3. The van der Waals surface area contributed by atoms with Gasteiger partial charge in [0, 0.05) is 6.54 Å². The zero-order chi connectivity index (χ0) is 14.5. The van der Waals surface area contributed by atoms with Crippen LogP contribution in [-0.2, 0) is 14.4 Å². The highest BCUT2D eigenvalue weighted by molar-refractivity contribution is 5.91. The van der Waals surface area contributed by atoms with Crippen LogP contribution >= 0.6 is 0 Å². The molecule has 0 radical (unpaired) electrons. The number of rotatable bonds is 6. The molecule has 19 heavy (non-hydrogen) atoms. The average molecular weight is 270 g/mol. The summed E-state index contributed by atoms with van der Waals surface area (Å²) in [6.07, 6.45) is 2.27. The second kappa shape index (κ2) is 6.51. The lowest BCUT2D eigenvalue weighted by Gasteiger charge is -2.38. The second-order valence-electron chi connectivity index (χ2n) is 5.01. The highest BCUT2D eigenvalue weighted by Gasteiger charge is 2.41. The molecule has 1 saturated heterocycles. The molecule has 0 bridgehead atoms. The summed E-state index contributed by atoms with van der Waals surface area (Å²) < 4.78 is 0. The van der Waals surface area contributed by atoms with E-state index in [0.29, 0.717) is 13.0 Å².